The normalized spacial score (nSPS) is 14.7. The summed E-state index contributed by atoms with van der Waals surface area (Å²) >= 11 is 6.08. The van der Waals surface area contributed by atoms with Crippen LogP contribution in [0.5, 0.6) is 5.75 Å². The highest BCUT2D eigenvalue weighted by molar-refractivity contribution is 6.31. The molecule has 0 saturated carbocycles. The van der Waals surface area contributed by atoms with Gasteiger partial charge in [-0.25, -0.2) is 4.79 Å². The third-order valence-corrected chi connectivity index (χ3v) is 6.29. The summed E-state index contributed by atoms with van der Waals surface area (Å²) in [5, 5.41) is 0.582. The molecule has 6 nitrogen and oxygen atoms in total. The number of nitrogens with zero attached hydrogens (tertiary/aromatic N) is 2. The quantitative estimate of drug-likeness (QED) is 0.240. The molecule has 0 spiro atoms. The topological polar surface area (TPSA) is 60.8 Å². The Bertz CT molecular complexity index is 1350. The van der Waals surface area contributed by atoms with Crippen molar-refractivity contribution in [1.82, 2.24) is 4.57 Å². The predicted octanol–water partition coefficient (Wildman–Crippen LogP) is 6.02. The minimum absolute atomic E-state index is 0.0222. The Balaban J connectivity index is 1.81. The van der Waals surface area contributed by atoms with Gasteiger partial charge in [-0.2, -0.15) is 0 Å². The molecule has 0 radical (unpaired) electrons. The van der Waals surface area contributed by atoms with Crippen molar-refractivity contribution in [3.8, 4) is 11.4 Å². The Morgan fingerprint density at radius 2 is 1.63 bits per heavy atom. The molecular formula is C28H27ClN2O4. The molecule has 0 amide bonds. The van der Waals surface area contributed by atoms with Crippen LogP contribution in [-0.4, -0.2) is 30.0 Å². The minimum atomic E-state index is -0.658. The zero-order chi connectivity index (χ0) is 25.3. The molecular weight excluding hydrogens is 464 g/mol. The molecule has 1 aromatic heterocycles. The molecule has 35 heavy (non-hydrogen) atoms. The molecule has 0 bridgehead atoms. The lowest BCUT2D eigenvalue weighted by atomic mass is 10.1. The van der Waals surface area contributed by atoms with E-state index in [2.05, 4.69) is 4.57 Å². The lowest BCUT2D eigenvalue weighted by Crippen LogP contribution is -2.18. The van der Waals surface area contributed by atoms with Gasteiger partial charge < -0.3 is 18.9 Å². The van der Waals surface area contributed by atoms with Gasteiger partial charge >= 0.3 is 5.97 Å². The lowest BCUT2D eigenvalue weighted by molar-refractivity contribution is -0.137. The molecule has 2 aromatic carbocycles. The van der Waals surface area contributed by atoms with E-state index in [-0.39, 0.29) is 11.4 Å². The second-order valence-corrected chi connectivity index (χ2v) is 8.65. The summed E-state index contributed by atoms with van der Waals surface area (Å²) in [6, 6.07) is 17.0. The van der Waals surface area contributed by atoms with E-state index in [1.807, 2.05) is 69.3 Å². The maximum absolute atomic E-state index is 13.4. The number of aromatic nitrogens is 1. The number of ketones is 1. The number of carbonyl (C=O) groups excluding carboxylic acids is 2. The number of Topliss-reactive ketones (excluding diaryl/α,β-unsaturated/α-hetero) is 1. The van der Waals surface area contributed by atoms with Crippen LogP contribution in [0.25, 0.3) is 11.8 Å². The number of aryl methyl sites for hydroxylation is 1. The molecule has 1 aliphatic heterocycles. The number of rotatable bonds is 6. The van der Waals surface area contributed by atoms with Crippen LogP contribution in [0.1, 0.15) is 30.8 Å². The minimum Gasteiger partial charge on any atom is -0.494 e. The maximum atomic E-state index is 13.4. The summed E-state index contributed by atoms with van der Waals surface area (Å²) in [4.78, 5) is 27.7. The molecule has 0 unspecified atom stereocenters. The van der Waals surface area contributed by atoms with Crippen molar-refractivity contribution in [2.45, 2.75) is 27.7 Å². The van der Waals surface area contributed by atoms with Gasteiger partial charge in [0.2, 0.25) is 5.78 Å². The van der Waals surface area contributed by atoms with Crippen molar-refractivity contribution in [3.63, 3.8) is 0 Å². The highest BCUT2D eigenvalue weighted by Crippen LogP contribution is 2.37. The summed E-state index contributed by atoms with van der Waals surface area (Å²) in [5.74, 6) is -0.224. The van der Waals surface area contributed by atoms with E-state index in [1.165, 1.54) is 7.11 Å². The van der Waals surface area contributed by atoms with Crippen molar-refractivity contribution in [2.24, 2.45) is 0 Å². The summed E-state index contributed by atoms with van der Waals surface area (Å²) < 4.78 is 12.6. The first-order chi connectivity index (χ1) is 16.8. The predicted molar refractivity (Wildman–Crippen MR) is 138 cm³/mol. The van der Waals surface area contributed by atoms with Crippen LogP contribution in [0.15, 0.2) is 71.6 Å². The number of esters is 1. The average molecular weight is 491 g/mol. The van der Waals surface area contributed by atoms with Gasteiger partial charge in [-0.1, -0.05) is 11.6 Å². The maximum Gasteiger partial charge on any atom is 0.343 e. The number of ether oxygens (including phenoxy) is 2. The first-order valence-corrected chi connectivity index (χ1v) is 11.7. The highest BCUT2D eigenvalue weighted by Gasteiger charge is 2.38. The number of carbonyl (C=O) groups is 2. The molecule has 4 rings (SSSR count). The third kappa shape index (κ3) is 4.49. The number of allylic oxidation sites excluding steroid dienone is 2. The van der Waals surface area contributed by atoms with E-state index in [0.29, 0.717) is 23.0 Å². The van der Waals surface area contributed by atoms with E-state index in [1.54, 1.807) is 24.0 Å². The Hall–Kier alpha value is -3.77. The SMILES string of the molecule is CCOc1ccc(-n2c(C)cc(/C=C3\C(=O)C(C(=O)OC)=C(C)N3c3ccc(Cl)cc3)c2C)cc1. The molecule has 0 N–H and O–H groups in total. The van der Waals surface area contributed by atoms with E-state index < -0.39 is 5.97 Å². The lowest BCUT2D eigenvalue weighted by Gasteiger charge is -2.21. The Morgan fingerprint density at radius 3 is 2.23 bits per heavy atom. The Morgan fingerprint density at radius 1 is 1.00 bits per heavy atom. The van der Waals surface area contributed by atoms with Gasteiger partial charge in [0.25, 0.3) is 0 Å². The van der Waals surface area contributed by atoms with Crippen molar-refractivity contribution in [1.29, 1.82) is 0 Å². The zero-order valence-electron chi connectivity index (χ0n) is 20.4. The second kappa shape index (κ2) is 9.84. The van der Waals surface area contributed by atoms with Crippen LogP contribution in [-0.2, 0) is 14.3 Å². The molecule has 2 heterocycles. The first-order valence-electron chi connectivity index (χ1n) is 11.3. The molecule has 0 fully saturated rings. The molecule has 0 saturated heterocycles. The smallest absolute Gasteiger partial charge is 0.343 e. The average Bonchev–Trinajstić information content (AvgIpc) is 3.26. The number of benzene rings is 2. The fourth-order valence-corrected chi connectivity index (χ4v) is 4.54. The van der Waals surface area contributed by atoms with Gasteiger partial charge in [0.15, 0.2) is 0 Å². The fraction of sp³-hybridized carbons (Fsp3) is 0.214. The number of methoxy groups -OCH3 is 1. The van der Waals surface area contributed by atoms with Crippen LogP contribution in [0.3, 0.4) is 0 Å². The van der Waals surface area contributed by atoms with Crippen LogP contribution in [0, 0.1) is 13.8 Å². The standard InChI is InChI=1S/C28H27ClN2O4/c1-6-35-24-13-11-22(12-14-24)30-17(2)15-20(18(30)3)16-25-27(32)26(28(33)34-5)19(4)31(25)23-9-7-21(29)8-10-23/h7-16H,6H2,1-5H3/b25-16+. The third-order valence-electron chi connectivity index (χ3n) is 6.04. The van der Waals surface area contributed by atoms with Crippen LogP contribution in [0.2, 0.25) is 5.02 Å². The largest absolute Gasteiger partial charge is 0.494 e. The van der Waals surface area contributed by atoms with Crippen LogP contribution >= 0.6 is 11.6 Å². The van der Waals surface area contributed by atoms with Crippen molar-refractivity contribution >= 4 is 35.1 Å². The summed E-state index contributed by atoms with van der Waals surface area (Å²) in [5.41, 5.74) is 5.47. The number of anilines is 1. The number of hydrogen-bond donors (Lipinski definition) is 0. The fourth-order valence-electron chi connectivity index (χ4n) is 4.42. The van der Waals surface area contributed by atoms with Crippen LogP contribution in [0.4, 0.5) is 5.69 Å². The van der Waals surface area contributed by atoms with E-state index in [4.69, 9.17) is 21.1 Å². The van der Waals surface area contributed by atoms with Gasteiger partial charge in [0, 0.05) is 33.5 Å². The monoisotopic (exact) mass is 490 g/mol. The Kier molecular flexibility index (Phi) is 6.85. The van der Waals surface area contributed by atoms with E-state index in [0.717, 1.165) is 34.1 Å². The molecule has 1 aliphatic rings. The summed E-state index contributed by atoms with van der Waals surface area (Å²) in [6.07, 6.45) is 1.82. The van der Waals surface area contributed by atoms with Crippen molar-refractivity contribution < 1.29 is 19.1 Å². The van der Waals surface area contributed by atoms with E-state index >= 15 is 0 Å². The molecule has 0 atom stereocenters. The van der Waals surface area contributed by atoms with Crippen molar-refractivity contribution in [3.05, 3.63) is 93.5 Å². The van der Waals surface area contributed by atoms with Gasteiger partial charge in [-0.3, -0.25) is 4.79 Å². The van der Waals surface area contributed by atoms with Crippen LogP contribution < -0.4 is 9.64 Å². The second-order valence-electron chi connectivity index (χ2n) is 8.21. The van der Waals surface area contributed by atoms with Gasteiger partial charge in [0.05, 0.1) is 19.4 Å². The first kappa shape index (κ1) is 24.4. The number of halogens is 1. The molecule has 0 aliphatic carbocycles. The van der Waals surface area contributed by atoms with Crippen molar-refractivity contribution in [2.75, 3.05) is 18.6 Å². The molecule has 3 aromatic rings. The summed E-state index contributed by atoms with van der Waals surface area (Å²) in [7, 11) is 1.27. The summed E-state index contributed by atoms with van der Waals surface area (Å²) in [6.45, 7) is 8.32. The van der Waals surface area contributed by atoms with Gasteiger partial charge in [0.1, 0.15) is 11.3 Å². The van der Waals surface area contributed by atoms with E-state index in [9.17, 15) is 9.59 Å². The van der Waals surface area contributed by atoms with Gasteiger partial charge in [-0.15, -0.1) is 0 Å². The molecule has 7 heteroatoms. The number of hydrogen-bond acceptors (Lipinski definition) is 5. The zero-order valence-corrected chi connectivity index (χ0v) is 21.1. The Labute approximate surface area is 210 Å². The highest BCUT2D eigenvalue weighted by atomic mass is 35.5. The van der Waals surface area contributed by atoms with Gasteiger partial charge in [-0.05, 0) is 93.9 Å². The molecule has 180 valence electrons.